The van der Waals surface area contributed by atoms with Crippen molar-refractivity contribution in [2.45, 2.75) is 50.0 Å². The molecule has 3 aromatic rings. The highest BCUT2D eigenvalue weighted by Gasteiger charge is 2.39. The van der Waals surface area contributed by atoms with Gasteiger partial charge in [-0.05, 0) is 68.1 Å². The van der Waals surface area contributed by atoms with Gasteiger partial charge in [-0.2, -0.15) is 13.2 Å². The SMILES string of the molecule is CN1[C@@H]2CC[C@H]1C[C@@H](Nc1cccc(-c3cccc4[nH]ccc34)c1)C2.O=C(O)C(F)(F)F. The molecular weight excluding hydrogens is 419 g/mol. The number of rotatable bonds is 3. The van der Waals surface area contributed by atoms with Crippen LogP contribution < -0.4 is 5.32 Å². The first-order valence-electron chi connectivity index (χ1n) is 10.7. The predicted octanol–water partition coefficient (Wildman–Crippen LogP) is 5.51. The highest BCUT2D eigenvalue weighted by Crippen LogP contribution is 2.36. The number of carbonyl (C=O) groups is 1. The molecule has 2 saturated heterocycles. The molecule has 2 fully saturated rings. The second-order valence-electron chi connectivity index (χ2n) is 8.49. The van der Waals surface area contributed by atoms with E-state index in [0.29, 0.717) is 6.04 Å². The Morgan fingerprint density at radius 2 is 1.75 bits per heavy atom. The lowest BCUT2D eigenvalue weighted by Crippen LogP contribution is -2.44. The second-order valence-corrected chi connectivity index (χ2v) is 8.49. The number of carboxylic acids is 1. The van der Waals surface area contributed by atoms with Crippen LogP contribution in [-0.2, 0) is 4.79 Å². The Labute approximate surface area is 184 Å². The van der Waals surface area contributed by atoms with Crippen LogP contribution in [0.3, 0.4) is 0 Å². The summed E-state index contributed by atoms with van der Waals surface area (Å²) in [4.78, 5) is 14.8. The van der Waals surface area contributed by atoms with E-state index in [4.69, 9.17) is 9.90 Å². The molecular formula is C24H26F3N3O2. The molecule has 5 rings (SSSR count). The van der Waals surface area contributed by atoms with Gasteiger partial charge in [0.2, 0.25) is 0 Å². The van der Waals surface area contributed by atoms with Gasteiger partial charge in [0.05, 0.1) is 0 Å². The van der Waals surface area contributed by atoms with Crippen LogP contribution in [0.15, 0.2) is 54.7 Å². The molecule has 5 nitrogen and oxygen atoms in total. The molecule has 2 aromatic carbocycles. The highest BCUT2D eigenvalue weighted by atomic mass is 19.4. The van der Waals surface area contributed by atoms with Crippen LogP contribution in [-0.4, -0.2) is 52.3 Å². The number of aliphatic carboxylic acids is 1. The largest absolute Gasteiger partial charge is 0.490 e. The number of aromatic amines is 1. The van der Waals surface area contributed by atoms with Crippen molar-refractivity contribution < 1.29 is 23.1 Å². The van der Waals surface area contributed by atoms with Gasteiger partial charge in [0.1, 0.15) is 0 Å². The Kier molecular flexibility index (Phi) is 6.15. The molecule has 8 heteroatoms. The lowest BCUT2D eigenvalue weighted by atomic mass is 9.97. The van der Waals surface area contributed by atoms with Crippen LogP contribution >= 0.6 is 0 Å². The van der Waals surface area contributed by atoms with E-state index in [1.54, 1.807) is 0 Å². The second kappa shape index (κ2) is 8.86. The number of benzene rings is 2. The maximum absolute atomic E-state index is 10.6. The van der Waals surface area contributed by atoms with Gasteiger partial charge in [0.15, 0.2) is 0 Å². The van der Waals surface area contributed by atoms with Crippen molar-refractivity contribution in [3.8, 4) is 11.1 Å². The summed E-state index contributed by atoms with van der Waals surface area (Å²) in [7, 11) is 2.30. The third kappa shape index (κ3) is 4.75. The third-order valence-electron chi connectivity index (χ3n) is 6.48. The van der Waals surface area contributed by atoms with E-state index >= 15 is 0 Å². The number of H-pyrrole nitrogens is 1. The van der Waals surface area contributed by atoms with E-state index < -0.39 is 12.1 Å². The van der Waals surface area contributed by atoms with Crippen molar-refractivity contribution in [2.75, 3.05) is 12.4 Å². The van der Waals surface area contributed by atoms with Crippen LogP contribution in [0.4, 0.5) is 18.9 Å². The van der Waals surface area contributed by atoms with Gasteiger partial charge in [-0.25, -0.2) is 4.79 Å². The van der Waals surface area contributed by atoms with Crippen LogP contribution in [0.25, 0.3) is 22.0 Å². The van der Waals surface area contributed by atoms with Gasteiger partial charge in [0.25, 0.3) is 0 Å². The fourth-order valence-electron chi connectivity index (χ4n) is 4.88. The van der Waals surface area contributed by atoms with Gasteiger partial charge >= 0.3 is 12.1 Å². The molecule has 0 amide bonds. The Morgan fingerprint density at radius 3 is 2.41 bits per heavy atom. The average Bonchev–Trinajstić information content (AvgIpc) is 3.29. The Bertz CT molecular complexity index is 1080. The monoisotopic (exact) mass is 445 g/mol. The topological polar surface area (TPSA) is 68.4 Å². The number of halogens is 3. The first-order chi connectivity index (χ1) is 15.2. The Hall–Kier alpha value is -3.00. The average molecular weight is 445 g/mol. The van der Waals surface area contributed by atoms with E-state index in [2.05, 4.69) is 70.8 Å². The number of carboxylic acid groups (broad SMARTS) is 1. The molecule has 2 aliphatic heterocycles. The molecule has 3 atom stereocenters. The quantitative estimate of drug-likeness (QED) is 0.498. The summed E-state index contributed by atoms with van der Waals surface area (Å²) in [5.41, 5.74) is 5.03. The summed E-state index contributed by atoms with van der Waals surface area (Å²) in [6.07, 6.45) is 2.21. The zero-order valence-electron chi connectivity index (χ0n) is 17.7. The van der Waals surface area contributed by atoms with E-state index in [-0.39, 0.29) is 0 Å². The molecule has 2 bridgehead atoms. The standard InChI is InChI=1S/C22H25N3.C2HF3O2/c1-25-18-8-9-19(25)14-17(13-18)24-16-5-2-4-15(12-16)20-6-3-7-22-21(20)10-11-23-22;3-2(4,5)1(6)7/h2-7,10-12,17-19,23-24H,8-9,13-14H2,1H3;(H,6,7)/t17-,18+,19-;. The zero-order chi connectivity index (χ0) is 22.9. The minimum Gasteiger partial charge on any atom is -0.475 e. The van der Waals surface area contributed by atoms with Crippen molar-refractivity contribution in [3.05, 3.63) is 54.7 Å². The normalized spacial score (nSPS) is 22.9. The summed E-state index contributed by atoms with van der Waals surface area (Å²) in [6.45, 7) is 0. The zero-order valence-corrected chi connectivity index (χ0v) is 17.7. The van der Waals surface area contributed by atoms with E-state index in [9.17, 15) is 13.2 Å². The van der Waals surface area contributed by atoms with Crippen LogP contribution in [0, 0.1) is 0 Å². The van der Waals surface area contributed by atoms with Gasteiger partial charge < -0.3 is 20.3 Å². The van der Waals surface area contributed by atoms with Crippen molar-refractivity contribution >= 4 is 22.6 Å². The van der Waals surface area contributed by atoms with Gasteiger partial charge in [0, 0.05) is 40.9 Å². The molecule has 3 N–H and O–H groups in total. The number of anilines is 1. The number of aromatic nitrogens is 1. The first kappa shape index (κ1) is 22.2. The number of hydrogen-bond donors (Lipinski definition) is 3. The number of alkyl halides is 3. The fraction of sp³-hybridized carbons (Fsp3) is 0.375. The van der Waals surface area contributed by atoms with Crippen LogP contribution in [0.1, 0.15) is 25.7 Å². The van der Waals surface area contributed by atoms with Crippen LogP contribution in [0.5, 0.6) is 0 Å². The molecule has 32 heavy (non-hydrogen) atoms. The van der Waals surface area contributed by atoms with Crippen molar-refractivity contribution in [3.63, 3.8) is 0 Å². The van der Waals surface area contributed by atoms with E-state index in [0.717, 1.165) is 12.1 Å². The highest BCUT2D eigenvalue weighted by molar-refractivity contribution is 5.95. The maximum atomic E-state index is 10.6. The summed E-state index contributed by atoms with van der Waals surface area (Å²) in [6, 6.07) is 19.7. The number of hydrogen-bond acceptors (Lipinski definition) is 3. The molecule has 3 heterocycles. The predicted molar refractivity (Wildman–Crippen MR) is 119 cm³/mol. The Morgan fingerprint density at radius 1 is 1.09 bits per heavy atom. The minimum absolute atomic E-state index is 0.604. The summed E-state index contributed by atoms with van der Waals surface area (Å²) < 4.78 is 31.7. The van der Waals surface area contributed by atoms with E-state index in [1.807, 2.05) is 6.20 Å². The lowest BCUT2D eigenvalue weighted by molar-refractivity contribution is -0.192. The summed E-state index contributed by atoms with van der Waals surface area (Å²) in [5, 5.41) is 12.2. The lowest BCUT2D eigenvalue weighted by Gasteiger charge is -2.37. The summed E-state index contributed by atoms with van der Waals surface area (Å²) in [5.74, 6) is -2.76. The van der Waals surface area contributed by atoms with Gasteiger partial charge in [-0.3, -0.25) is 0 Å². The molecule has 0 saturated carbocycles. The third-order valence-corrected chi connectivity index (χ3v) is 6.48. The molecule has 0 unspecified atom stereocenters. The molecule has 2 aliphatic rings. The molecule has 0 spiro atoms. The van der Waals surface area contributed by atoms with E-state index in [1.165, 1.54) is 53.4 Å². The van der Waals surface area contributed by atoms with Crippen molar-refractivity contribution in [1.29, 1.82) is 0 Å². The smallest absolute Gasteiger partial charge is 0.475 e. The summed E-state index contributed by atoms with van der Waals surface area (Å²) >= 11 is 0. The maximum Gasteiger partial charge on any atom is 0.490 e. The molecule has 1 aromatic heterocycles. The number of nitrogens with one attached hydrogen (secondary N) is 2. The number of piperidine rings is 1. The molecule has 0 aliphatic carbocycles. The minimum atomic E-state index is -5.08. The Balaban J connectivity index is 0.000000307. The van der Waals surface area contributed by atoms with Crippen molar-refractivity contribution in [1.82, 2.24) is 9.88 Å². The number of fused-ring (bicyclic) bond motifs is 3. The molecule has 0 radical (unpaired) electrons. The van der Waals surface area contributed by atoms with Gasteiger partial charge in [-0.1, -0.05) is 24.3 Å². The van der Waals surface area contributed by atoms with Crippen molar-refractivity contribution in [2.24, 2.45) is 0 Å². The van der Waals surface area contributed by atoms with Gasteiger partial charge in [-0.15, -0.1) is 0 Å². The first-order valence-corrected chi connectivity index (χ1v) is 10.7. The van der Waals surface area contributed by atoms with Crippen LogP contribution in [0.2, 0.25) is 0 Å². The molecule has 170 valence electrons. The fourth-order valence-corrected chi connectivity index (χ4v) is 4.88. The number of nitrogens with zero attached hydrogens (tertiary/aromatic N) is 1.